The van der Waals surface area contributed by atoms with Gasteiger partial charge in [0, 0.05) is 0 Å². The van der Waals surface area contributed by atoms with Crippen LogP contribution in [0, 0.1) is 0 Å². The summed E-state index contributed by atoms with van der Waals surface area (Å²) in [6, 6.07) is 26.1. The van der Waals surface area contributed by atoms with E-state index in [1.807, 2.05) is 0 Å². The van der Waals surface area contributed by atoms with Gasteiger partial charge in [0.25, 0.3) is 0 Å². The molecule has 0 heterocycles. The Kier molecular flexibility index (Phi) is 3.02. The Bertz CT molecular complexity index is 1000. The van der Waals surface area contributed by atoms with Gasteiger partial charge in [-0.2, -0.15) is 0 Å². The first-order valence-corrected chi connectivity index (χ1v) is 8.59. The molecule has 0 amide bonds. The van der Waals surface area contributed by atoms with Crippen molar-refractivity contribution in [1.82, 2.24) is 0 Å². The molecular weight excluding hydrogens is 288 g/mol. The van der Waals surface area contributed by atoms with Crippen LogP contribution in [-0.2, 0) is 12.8 Å². The van der Waals surface area contributed by atoms with Gasteiger partial charge in [0.15, 0.2) is 0 Å². The highest BCUT2D eigenvalue weighted by Gasteiger charge is 2.12. The van der Waals surface area contributed by atoms with Crippen LogP contribution < -0.4 is 0 Å². The molecular formula is C24H18. The molecule has 0 spiro atoms. The second-order valence-electron chi connectivity index (χ2n) is 6.56. The Labute approximate surface area is 142 Å². The minimum atomic E-state index is 1.23. The van der Waals surface area contributed by atoms with Crippen molar-refractivity contribution in [3.63, 3.8) is 0 Å². The largest absolute Gasteiger partial charge is 0.0614 e. The van der Waals surface area contributed by atoms with E-state index in [-0.39, 0.29) is 0 Å². The lowest BCUT2D eigenvalue weighted by Gasteiger charge is -1.99. The van der Waals surface area contributed by atoms with Crippen LogP contribution in [0.25, 0.3) is 33.7 Å². The molecule has 0 atom stereocenters. The fourth-order valence-corrected chi connectivity index (χ4v) is 4.04. The van der Waals surface area contributed by atoms with Crippen molar-refractivity contribution in [2.45, 2.75) is 12.8 Å². The molecule has 0 bridgehead atoms. The third-order valence-corrected chi connectivity index (χ3v) is 5.15. The summed E-state index contributed by atoms with van der Waals surface area (Å²) < 4.78 is 0. The molecule has 0 radical (unpaired) electrons. The van der Waals surface area contributed by atoms with Crippen molar-refractivity contribution in [2.75, 3.05) is 0 Å². The summed E-state index contributed by atoms with van der Waals surface area (Å²) in [7, 11) is 0. The predicted molar refractivity (Wildman–Crippen MR) is 104 cm³/mol. The Hall–Kier alpha value is -2.86. The summed E-state index contributed by atoms with van der Waals surface area (Å²) in [5.41, 5.74) is 5.76. The van der Waals surface area contributed by atoms with E-state index in [1.54, 1.807) is 0 Å². The lowest BCUT2D eigenvalue weighted by molar-refractivity contribution is 1.02. The summed E-state index contributed by atoms with van der Waals surface area (Å²) in [6.45, 7) is 0. The molecule has 2 aliphatic rings. The van der Waals surface area contributed by atoms with Gasteiger partial charge >= 0.3 is 0 Å². The van der Waals surface area contributed by atoms with Crippen molar-refractivity contribution in [3.05, 3.63) is 95.1 Å². The van der Waals surface area contributed by atoms with Gasteiger partial charge in [-0.25, -0.2) is 0 Å². The first-order chi connectivity index (χ1) is 11.9. The Morgan fingerprint density at radius 3 is 1.46 bits per heavy atom. The maximum atomic E-state index is 2.25. The van der Waals surface area contributed by atoms with Crippen molar-refractivity contribution < 1.29 is 0 Å². The molecule has 114 valence electrons. The van der Waals surface area contributed by atoms with Crippen LogP contribution in [0.3, 0.4) is 0 Å². The highest BCUT2D eigenvalue weighted by atomic mass is 14.2. The van der Waals surface area contributed by atoms with Gasteiger partial charge in [-0.3, -0.25) is 0 Å². The molecule has 0 aliphatic heterocycles. The van der Waals surface area contributed by atoms with Crippen molar-refractivity contribution in [3.8, 4) is 0 Å². The quantitative estimate of drug-likeness (QED) is 0.316. The van der Waals surface area contributed by atoms with Gasteiger partial charge in [0.2, 0.25) is 0 Å². The van der Waals surface area contributed by atoms with Crippen LogP contribution in [0.2, 0.25) is 0 Å². The first-order valence-electron chi connectivity index (χ1n) is 8.59. The highest BCUT2D eigenvalue weighted by Crippen LogP contribution is 2.31. The number of hydrogen-bond acceptors (Lipinski definition) is 0. The molecule has 4 aromatic rings. The molecule has 0 heteroatoms. The van der Waals surface area contributed by atoms with Gasteiger partial charge in [-0.15, -0.1) is 0 Å². The summed E-state index contributed by atoms with van der Waals surface area (Å²) in [5.74, 6) is 0. The van der Waals surface area contributed by atoms with E-state index in [0.717, 1.165) is 0 Å². The van der Waals surface area contributed by atoms with Crippen LogP contribution in [0.15, 0.2) is 72.8 Å². The highest BCUT2D eigenvalue weighted by molar-refractivity contribution is 6.04. The number of benzene rings is 4. The molecule has 0 N–H and O–H groups in total. The van der Waals surface area contributed by atoms with Gasteiger partial charge in [0.05, 0.1) is 0 Å². The molecule has 4 aromatic carbocycles. The molecule has 0 aromatic heterocycles. The zero-order chi connectivity index (χ0) is 15.9. The zero-order valence-corrected chi connectivity index (χ0v) is 13.5. The second kappa shape index (κ2) is 5.35. The van der Waals surface area contributed by atoms with Crippen molar-refractivity contribution in [2.24, 2.45) is 0 Å². The minimum Gasteiger partial charge on any atom is -0.0614 e. The summed E-state index contributed by atoms with van der Waals surface area (Å²) >= 11 is 0. The minimum absolute atomic E-state index is 1.23. The average Bonchev–Trinajstić information content (AvgIpc) is 3.24. The van der Waals surface area contributed by atoms with Gasteiger partial charge in [0.1, 0.15) is 0 Å². The first kappa shape index (κ1) is 13.6. The Morgan fingerprint density at radius 1 is 0.458 bits per heavy atom. The van der Waals surface area contributed by atoms with E-state index < -0.39 is 0 Å². The van der Waals surface area contributed by atoms with E-state index >= 15 is 0 Å². The lowest BCUT2D eigenvalue weighted by atomic mass is 10.0. The van der Waals surface area contributed by atoms with Crippen LogP contribution >= 0.6 is 0 Å². The van der Waals surface area contributed by atoms with E-state index in [9.17, 15) is 0 Å². The van der Waals surface area contributed by atoms with Crippen LogP contribution in [-0.4, -0.2) is 0 Å². The van der Waals surface area contributed by atoms with Gasteiger partial charge < -0.3 is 0 Å². The van der Waals surface area contributed by atoms with Crippen molar-refractivity contribution >= 4 is 33.7 Å². The maximum Gasteiger partial charge on any atom is -0.00389 e. The fraction of sp³-hybridized carbons (Fsp3) is 0.0833. The molecule has 6 rings (SSSR count). The zero-order valence-electron chi connectivity index (χ0n) is 13.5. The van der Waals surface area contributed by atoms with Crippen LogP contribution in [0.4, 0.5) is 0 Å². The van der Waals surface area contributed by atoms with Crippen LogP contribution in [0.5, 0.6) is 0 Å². The summed E-state index contributed by atoms with van der Waals surface area (Å²) in [4.78, 5) is 0. The monoisotopic (exact) mass is 306 g/mol. The normalized spacial score (nSPS) is 13.3. The summed E-state index contributed by atoms with van der Waals surface area (Å²) in [5, 5.41) is 5.66. The molecule has 0 saturated heterocycles. The van der Waals surface area contributed by atoms with E-state index in [4.69, 9.17) is 0 Å². The molecule has 0 fully saturated rings. The maximum absolute atomic E-state index is 2.25. The van der Waals surface area contributed by atoms with E-state index in [2.05, 4.69) is 84.9 Å². The number of aryl methyl sites for hydroxylation is 2. The smallest absolute Gasteiger partial charge is 0.00389 e. The average molecular weight is 306 g/mol. The Balaban J connectivity index is 0.000000109. The fourth-order valence-electron chi connectivity index (χ4n) is 4.04. The molecule has 2 aliphatic carbocycles. The number of hydrogen-bond donors (Lipinski definition) is 0. The third-order valence-electron chi connectivity index (χ3n) is 5.15. The molecule has 24 heavy (non-hydrogen) atoms. The second-order valence-corrected chi connectivity index (χ2v) is 6.56. The van der Waals surface area contributed by atoms with Gasteiger partial charge in [-0.1, -0.05) is 84.9 Å². The lowest BCUT2D eigenvalue weighted by Crippen LogP contribution is -1.76. The molecule has 0 nitrogen and oxygen atoms in total. The van der Waals surface area contributed by atoms with E-state index in [1.165, 1.54) is 56.6 Å². The SMILES string of the molecule is C1=Cc2cccc3cccc1c23.c1cc2c3c(cccc3c1)CC2. The number of rotatable bonds is 0. The molecule has 0 unspecified atom stereocenters. The third kappa shape index (κ3) is 2.07. The molecule has 0 saturated carbocycles. The van der Waals surface area contributed by atoms with Crippen LogP contribution in [0.1, 0.15) is 22.3 Å². The Morgan fingerprint density at radius 2 is 0.917 bits per heavy atom. The van der Waals surface area contributed by atoms with E-state index in [0.29, 0.717) is 0 Å². The van der Waals surface area contributed by atoms with Crippen molar-refractivity contribution in [1.29, 1.82) is 0 Å². The van der Waals surface area contributed by atoms with Gasteiger partial charge in [-0.05, 0) is 56.6 Å². The topological polar surface area (TPSA) is 0 Å². The standard InChI is InChI=1S/C12H10.C12H8/c2*1-3-9-4-2-6-11-8-7-10(5-1)12(9)11/h1-6H,7-8H2;1-8H. The predicted octanol–water partition coefficient (Wildman–Crippen LogP) is 6.26. The summed E-state index contributed by atoms with van der Waals surface area (Å²) in [6.07, 6.45) is 6.82.